The average molecular weight is 246 g/mol. The number of hydrogen-bond donors (Lipinski definition) is 1. The SMILES string of the molecule is Cc1c(Br)ccc(F)c1C(=O)CN. The van der Waals surface area contributed by atoms with Crippen LogP contribution in [0.3, 0.4) is 0 Å². The molecule has 0 saturated heterocycles. The lowest BCUT2D eigenvalue weighted by Gasteiger charge is -2.06. The molecule has 0 aromatic heterocycles. The van der Waals surface area contributed by atoms with E-state index < -0.39 is 5.82 Å². The Morgan fingerprint density at radius 3 is 2.77 bits per heavy atom. The summed E-state index contributed by atoms with van der Waals surface area (Å²) < 4.78 is 13.9. The molecule has 2 nitrogen and oxygen atoms in total. The number of nitrogens with two attached hydrogens (primary N) is 1. The van der Waals surface area contributed by atoms with Crippen LogP contribution in [-0.2, 0) is 0 Å². The molecule has 0 atom stereocenters. The third kappa shape index (κ3) is 1.95. The van der Waals surface area contributed by atoms with Gasteiger partial charge in [0.2, 0.25) is 0 Å². The van der Waals surface area contributed by atoms with Crippen molar-refractivity contribution in [1.29, 1.82) is 0 Å². The van der Waals surface area contributed by atoms with Gasteiger partial charge in [0.05, 0.1) is 12.1 Å². The summed E-state index contributed by atoms with van der Waals surface area (Å²) in [6.07, 6.45) is 0. The van der Waals surface area contributed by atoms with Gasteiger partial charge in [-0.05, 0) is 24.6 Å². The maximum atomic E-state index is 13.2. The van der Waals surface area contributed by atoms with E-state index in [2.05, 4.69) is 15.9 Å². The van der Waals surface area contributed by atoms with Crippen molar-refractivity contribution in [3.8, 4) is 0 Å². The molecule has 0 aliphatic carbocycles. The fourth-order valence-corrected chi connectivity index (χ4v) is 1.43. The van der Waals surface area contributed by atoms with E-state index >= 15 is 0 Å². The summed E-state index contributed by atoms with van der Waals surface area (Å²) in [6.45, 7) is 1.50. The van der Waals surface area contributed by atoms with Gasteiger partial charge in [-0.3, -0.25) is 4.79 Å². The van der Waals surface area contributed by atoms with Crippen LogP contribution in [0, 0.1) is 12.7 Å². The van der Waals surface area contributed by atoms with Gasteiger partial charge in [-0.1, -0.05) is 15.9 Å². The van der Waals surface area contributed by atoms with Gasteiger partial charge in [0.1, 0.15) is 5.82 Å². The van der Waals surface area contributed by atoms with Crippen molar-refractivity contribution >= 4 is 21.7 Å². The Labute approximate surface area is 84.1 Å². The first-order valence-electron chi connectivity index (χ1n) is 3.75. The van der Waals surface area contributed by atoms with E-state index in [4.69, 9.17) is 5.73 Å². The Morgan fingerprint density at radius 2 is 2.23 bits per heavy atom. The molecule has 4 heteroatoms. The van der Waals surface area contributed by atoms with Gasteiger partial charge in [0.25, 0.3) is 0 Å². The fourth-order valence-electron chi connectivity index (χ4n) is 1.10. The number of benzene rings is 1. The molecule has 0 aliphatic rings. The Hall–Kier alpha value is -0.740. The van der Waals surface area contributed by atoms with E-state index in [-0.39, 0.29) is 17.9 Å². The van der Waals surface area contributed by atoms with Gasteiger partial charge < -0.3 is 5.73 Å². The van der Waals surface area contributed by atoms with Gasteiger partial charge >= 0.3 is 0 Å². The van der Waals surface area contributed by atoms with Crippen LogP contribution in [0.4, 0.5) is 4.39 Å². The molecular formula is C9H9BrFNO. The number of carbonyl (C=O) groups is 1. The van der Waals surface area contributed by atoms with Crippen LogP contribution in [0.1, 0.15) is 15.9 Å². The quantitative estimate of drug-likeness (QED) is 0.811. The van der Waals surface area contributed by atoms with Crippen molar-refractivity contribution in [2.24, 2.45) is 5.73 Å². The van der Waals surface area contributed by atoms with Crippen molar-refractivity contribution in [3.05, 3.63) is 33.5 Å². The molecule has 0 fully saturated rings. The number of Topliss-reactive ketones (excluding diaryl/α,β-unsaturated/α-hetero) is 1. The van der Waals surface area contributed by atoms with E-state index in [1.807, 2.05) is 0 Å². The molecule has 0 radical (unpaired) electrons. The molecule has 70 valence electrons. The number of hydrogen-bond acceptors (Lipinski definition) is 2. The minimum Gasteiger partial charge on any atom is -0.324 e. The van der Waals surface area contributed by atoms with Crippen LogP contribution in [0.25, 0.3) is 0 Å². The first-order valence-corrected chi connectivity index (χ1v) is 4.55. The van der Waals surface area contributed by atoms with Gasteiger partial charge in [0, 0.05) is 4.47 Å². The lowest BCUT2D eigenvalue weighted by atomic mass is 10.0. The zero-order valence-electron chi connectivity index (χ0n) is 7.10. The largest absolute Gasteiger partial charge is 0.324 e. The molecule has 1 aromatic carbocycles. The molecule has 0 bridgehead atoms. The van der Waals surface area contributed by atoms with Crippen LogP contribution >= 0.6 is 15.9 Å². The third-order valence-corrected chi connectivity index (χ3v) is 2.67. The van der Waals surface area contributed by atoms with Crippen molar-refractivity contribution in [1.82, 2.24) is 0 Å². The van der Waals surface area contributed by atoms with Gasteiger partial charge in [-0.25, -0.2) is 4.39 Å². The monoisotopic (exact) mass is 245 g/mol. The summed E-state index contributed by atoms with van der Waals surface area (Å²) in [6, 6.07) is 2.82. The second-order valence-corrected chi connectivity index (χ2v) is 3.51. The highest BCUT2D eigenvalue weighted by Crippen LogP contribution is 2.22. The average Bonchev–Trinajstić information content (AvgIpc) is 2.12. The summed E-state index contributed by atoms with van der Waals surface area (Å²) in [5, 5.41) is 0. The van der Waals surface area contributed by atoms with E-state index in [0.717, 1.165) is 0 Å². The van der Waals surface area contributed by atoms with Crippen LogP contribution < -0.4 is 5.73 Å². The second kappa shape index (κ2) is 3.98. The van der Waals surface area contributed by atoms with E-state index in [1.165, 1.54) is 6.07 Å². The maximum absolute atomic E-state index is 13.2. The third-order valence-electron chi connectivity index (χ3n) is 1.81. The maximum Gasteiger partial charge on any atom is 0.179 e. The molecule has 2 N–H and O–H groups in total. The van der Waals surface area contributed by atoms with Gasteiger partial charge in [-0.15, -0.1) is 0 Å². The Morgan fingerprint density at radius 1 is 1.62 bits per heavy atom. The van der Waals surface area contributed by atoms with Crippen LogP contribution in [-0.4, -0.2) is 12.3 Å². The van der Waals surface area contributed by atoms with E-state index in [0.29, 0.717) is 10.0 Å². The first kappa shape index (κ1) is 10.3. The normalized spacial score (nSPS) is 10.2. The Kier molecular flexibility index (Phi) is 3.17. The summed E-state index contributed by atoms with van der Waals surface area (Å²) in [4.78, 5) is 11.2. The number of ketones is 1. The summed E-state index contributed by atoms with van der Waals surface area (Å²) in [5.41, 5.74) is 5.83. The zero-order valence-corrected chi connectivity index (χ0v) is 8.69. The van der Waals surface area contributed by atoms with Crippen molar-refractivity contribution in [2.45, 2.75) is 6.92 Å². The van der Waals surface area contributed by atoms with Crippen LogP contribution in [0.15, 0.2) is 16.6 Å². The smallest absolute Gasteiger partial charge is 0.179 e. The highest BCUT2D eigenvalue weighted by atomic mass is 79.9. The second-order valence-electron chi connectivity index (χ2n) is 2.66. The topological polar surface area (TPSA) is 43.1 Å². The molecule has 13 heavy (non-hydrogen) atoms. The Bertz CT molecular complexity index is 352. The summed E-state index contributed by atoms with van der Waals surface area (Å²) >= 11 is 3.22. The molecule has 0 aliphatic heterocycles. The molecule has 1 aromatic rings. The highest BCUT2D eigenvalue weighted by Gasteiger charge is 2.14. The lowest BCUT2D eigenvalue weighted by molar-refractivity contribution is 0.0997. The molecular weight excluding hydrogens is 237 g/mol. The van der Waals surface area contributed by atoms with Crippen molar-refractivity contribution in [3.63, 3.8) is 0 Å². The predicted octanol–water partition coefficient (Wildman–Crippen LogP) is 2.04. The minimum atomic E-state index is -0.517. The van der Waals surface area contributed by atoms with Crippen LogP contribution in [0.5, 0.6) is 0 Å². The Balaban J connectivity index is 3.33. The van der Waals surface area contributed by atoms with Gasteiger partial charge in [-0.2, -0.15) is 0 Å². The molecule has 0 spiro atoms. The molecule has 1 rings (SSSR count). The highest BCUT2D eigenvalue weighted by molar-refractivity contribution is 9.10. The van der Waals surface area contributed by atoms with Crippen molar-refractivity contribution < 1.29 is 9.18 Å². The predicted molar refractivity (Wildman–Crippen MR) is 52.2 cm³/mol. The minimum absolute atomic E-state index is 0.0804. The first-order chi connectivity index (χ1) is 6.07. The molecule has 0 amide bonds. The fraction of sp³-hybridized carbons (Fsp3) is 0.222. The zero-order chi connectivity index (χ0) is 10.0. The van der Waals surface area contributed by atoms with Crippen molar-refractivity contribution in [2.75, 3.05) is 6.54 Å². The summed E-state index contributed by atoms with van der Waals surface area (Å²) in [7, 11) is 0. The molecule has 0 heterocycles. The number of halogens is 2. The molecule has 0 unspecified atom stereocenters. The molecule has 0 saturated carbocycles. The number of rotatable bonds is 2. The van der Waals surface area contributed by atoms with Gasteiger partial charge in [0.15, 0.2) is 5.78 Å². The standard InChI is InChI=1S/C9H9BrFNO/c1-5-6(10)2-3-7(11)9(5)8(13)4-12/h2-3H,4,12H2,1H3. The number of carbonyl (C=O) groups excluding carboxylic acids is 1. The lowest BCUT2D eigenvalue weighted by Crippen LogP contribution is -2.16. The van der Waals surface area contributed by atoms with Crippen LogP contribution in [0.2, 0.25) is 0 Å². The van der Waals surface area contributed by atoms with E-state index in [9.17, 15) is 9.18 Å². The summed E-state index contributed by atoms with van der Waals surface area (Å²) in [5.74, 6) is -0.896. The van der Waals surface area contributed by atoms with E-state index in [1.54, 1.807) is 13.0 Å².